The Morgan fingerprint density at radius 1 is 1.44 bits per heavy atom. The van der Waals surface area contributed by atoms with E-state index in [-0.39, 0.29) is 10.8 Å². The topological polar surface area (TPSA) is 66.4 Å². The summed E-state index contributed by atoms with van der Waals surface area (Å²) in [6, 6.07) is 1.61. The van der Waals surface area contributed by atoms with Crippen LogP contribution in [0.4, 0.5) is 0 Å². The minimum atomic E-state index is -3.41. The van der Waals surface area contributed by atoms with Crippen LogP contribution in [0.3, 0.4) is 0 Å². The Labute approximate surface area is 113 Å². The second-order valence-corrected chi connectivity index (χ2v) is 7.89. The SMILES string of the molecule is Cc1cc(S(=O)(=O)NCCCC(C)C)sc1CO. The van der Waals surface area contributed by atoms with Crippen molar-refractivity contribution in [2.45, 2.75) is 44.4 Å². The molecule has 0 bridgehead atoms. The Morgan fingerprint density at radius 2 is 2.11 bits per heavy atom. The van der Waals surface area contributed by atoms with Crippen molar-refractivity contribution in [1.82, 2.24) is 4.72 Å². The highest BCUT2D eigenvalue weighted by Gasteiger charge is 2.17. The number of hydrogen-bond donors (Lipinski definition) is 2. The largest absolute Gasteiger partial charge is 0.391 e. The molecule has 0 atom stereocenters. The molecule has 0 unspecified atom stereocenters. The van der Waals surface area contributed by atoms with Gasteiger partial charge >= 0.3 is 0 Å². The molecular weight excluding hydrogens is 270 g/mol. The molecular formula is C12H21NO3S2. The molecule has 1 aromatic rings. The maximum absolute atomic E-state index is 12.0. The van der Waals surface area contributed by atoms with Crippen LogP contribution in [0.15, 0.2) is 10.3 Å². The van der Waals surface area contributed by atoms with E-state index in [0.29, 0.717) is 17.3 Å². The van der Waals surface area contributed by atoms with Crippen molar-refractivity contribution in [3.8, 4) is 0 Å². The molecule has 0 aliphatic heterocycles. The molecule has 104 valence electrons. The maximum Gasteiger partial charge on any atom is 0.250 e. The first-order valence-electron chi connectivity index (χ1n) is 6.06. The smallest absolute Gasteiger partial charge is 0.250 e. The number of aliphatic hydroxyl groups excluding tert-OH is 1. The molecule has 1 rings (SSSR count). The predicted octanol–water partition coefficient (Wildman–Crippen LogP) is 2.26. The van der Waals surface area contributed by atoms with Crippen LogP contribution in [-0.4, -0.2) is 20.1 Å². The second-order valence-electron chi connectivity index (χ2n) is 4.76. The van der Waals surface area contributed by atoms with Crippen LogP contribution in [0.25, 0.3) is 0 Å². The minimum absolute atomic E-state index is 0.112. The summed E-state index contributed by atoms with van der Waals surface area (Å²) in [5, 5.41) is 9.07. The van der Waals surface area contributed by atoms with Gasteiger partial charge in [0.1, 0.15) is 4.21 Å². The van der Waals surface area contributed by atoms with Crippen LogP contribution in [0.5, 0.6) is 0 Å². The molecule has 0 aliphatic rings. The summed E-state index contributed by atoms with van der Waals surface area (Å²) in [7, 11) is -3.41. The molecule has 0 saturated heterocycles. The van der Waals surface area contributed by atoms with Gasteiger partial charge in [0.05, 0.1) is 6.61 Å². The third-order valence-electron chi connectivity index (χ3n) is 2.66. The molecule has 0 amide bonds. The Kier molecular flexibility index (Phi) is 5.78. The van der Waals surface area contributed by atoms with Gasteiger partial charge in [-0.05, 0) is 37.3 Å². The van der Waals surface area contributed by atoms with E-state index in [2.05, 4.69) is 18.6 Å². The van der Waals surface area contributed by atoms with E-state index in [1.165, 1.54) is 0 Å². The summed E-state index contributed by atoms with van der Waals surface area (Å²) in [5.41, 5.74) is 0.824. The van der Waals surface area contributed by atoms with E-state index in [0.717, 1.165) is 29.7 Å². The molecule has 0 aromatic carbocycles. The number of rotatable bonds is 7. The highest BCUT2D eigenvalue weighted by Crippen LogP contribution is 2.25. The summed E-state index contributed by atoms with van der Waals surface area (Å²) in [4.78, 5) is 0.706. The molecule has 0 saturated carbocycles. The van der Waals surface area contributed by atoms with Gasteiger partial charge in [-0.3, -0.25) is 0 Å². The van der Waals surface area contributed by atoms with E-state index in [4.69, 9.17) is 5.11 Å². The van der Waals surface area contributed by atoms with Crippen LogP contribution in [0, 0.1) is 12.8 Å². The molecule has 2 N–H and O–H groups in total. The fraction of sp³-hybridized carbons (Fsp3) is 0.667. The van der Waals surface area contributed by atoms with Gasteiger partial charge in [-0.1, -0.05) is 13.8 Å². The van der Waals surface area contributed by atoms with Crippen LogP contribution >= 0.6 is 11.3 Å². The summed E-state index contributed by atoms with van der Waals surface area (Å²) in [6.07, 6.45) is 1.85. The number of hydrogen-bond acceptors (Lipinski definition) is 4. The first-order chi connectivity index (χ1) is 8.36. The maximum atomic E-state index is 12.0. The van der Waals surface area contributed by atoms with Crippen molar-refractivity contribution in [1.29, 1.82) is 0 Å². The number of aryl methyl sites for hydroxylation is 1. The van der Waals surface area contributed by atoms with Gasteiger partial charge in [0, 0.05) is 11.4 Å². The molecule has 6 heteroatoms. The summed E-state index contributed by atoms with van der Waals surface area (Å²) >= 11 is 1.13. The van der Waals surface area contributed by atoms with Crippen molar-refractivity contribution in [2.24, 2.45) is 5.92 Å². The zero-order chi connectivity index (χ0) is 13.8. The van der Waals surface area contributed by atoms with E-state index in [1.807, 2.05) is 0 Å². The standard InChI is InChI=1S/C12H21NO3S2/c1-9(2)5-4-6-13-18(15,16)12-7-10(3)11(8-14)17-12/h7,9,13-14H,4-6,8H2,1-3H3. The van der Waals surface area contributed by atoms with E-state index >= 15 is 0 Å². The zero-order valence-corrected chi connectivity index (χ0v) is 12.7. The summed E-state index contributed by atoms with van der Waals surface area (Å²) in [5.74, 6) is 0.583. The third-order valence-corrected chi connectivity index (χ3v) is 5.81. The van der Waals surface area contributed by atoms with Crippen LogP contribution < -0.4 is 4.72 Å². The van der Waals surface area contributed by atoms with Crippen molar-refractivity contribution in [3.05, 3.63) is 16.5 Å². The highest BCUT2D eigenvalue weighted by atomic mass is 32.2. The molecule has 1 heterocycles. The van der Waals surface area contributed by atoms with Gasteiger partial charge in [-0.15, -0.1) is 11.3 Å². The lowest BCUT2D eigenvalue weighted by atomic mass is 10.1. The van der Waals surface area contributed by atoms with E-state index < -0.39 is 10.0 Å². The molecule has 4 nitrogen and oxygen atoms in total. The Balaban J connectivity index is 2.62. The van der Waals surface area contributed by atoms with Gasteiger partial charge < -0.3 is 5.11 Å². The number of sulfonamides is 1. The average Bonchev–Trinajstić information content (AvgIpc) is 2.66. The first-order valence-corrected chi connectivity index (χ1v) is 8.36. The van der Waals surface area contributed by atoms with Crippen LogP contribution in [-0.2, 0) is 16.6 Å². The third kappa shape index (κ3) is 4.35. The average molecular weight is 291 g/mol. The van der Waals surface area contributed by atoms with Crippen LogP contribution in [0.1, 0.15) is 37.1 Å². The number of nitrogens with one attached hydrogen (secondary N) is 1. The number of thiophene rings is 1. The van der Waals surface area contributed by atoms with E-state index in [9.17, 15) is 8.42 Å². The minimum Gasteiger partial charge on any atom is -0.391 e. The van der Waals surface area contributed by atoms with E-state index in [1.54, 1.807) is 13.0 Å². The molecule has 0 fully saturated rings. The molecule has 1 aromatic heterocycles. The monoisotopic (exact) mass is 291 g/mol. The first kappa shape index (κ1) is 15.6. The summed E-state index contributed by atoms with van der Waals surface area (Å²) in [6.45, 7) is 6.39. The fourth-order valence-corrected chi connectivity index (χ4v) is 4.13. The van der Waals surface area contributed by atoms with Crippen molar-refractivity contribution < 1.29 is 13.5 Å². The van der Waals surface area contributed by atoms with Crippen molar-refractivity contribution >= 4 is 21.4 Å². The van der Waals surface area contributed by atoms with Crippen molar-refractivity contribution in [2.75, 3.05) is 6.54 Å². The van der Waals surface area contributed by atoms with Gasteiger partial charge in [-0.25, -0.2) is 13.1 Å². The molecule has 0 radical (unpaired) electrons. The lowest BCUT2D eigenvalue weighted by molar-refractivity contribution is 0.285. The molecule has 0 aliphatic carbocycles. The van der Waals surface area contributed by atoms with Gasteiger partial charge in [-0.2, -0.15) is 0 Å². The van der Waals surface area contributed by atoms with Gasteiger partial charge in [0.25, 0.3) is 0 Å². The quantitative estimate of drug-likeness (QED) is 0.757. The molecule has 18 heavy (non-hydrogen) atoms. The van der Waals surface area contributed by atoms with Crippen LogP contribution in [0.2, 0.25) is 0 Å². The normalized spacial score (nSPS) is 12.3. The lowest BCUT2D eigenvalue weighted by Crippen LogP contribution is -2.24. The van der Waals surface area contributed by atoms with Gasteiger partial charge in [0.2, 0.25) is 10.0 Å². The Hall–Kier alpha value is -0.430. The second kappa shape index (κ2) is 6.65. The predicted molar refractivity (Wildman–Crippen MR) is 74.2 cm³/mol. The Morgan fingerprint density at radius 3 is 2.61 bits per heavy atom. The zero-order valence-electron chi connectivity index (χ0n) is 11.1. The van der Waals surface area contributed by atoms with Gasteiger partial charge in [0.15, 0.2) is 0 Å². The van der Waals surface area contributed by atoms with Crippen molar-refractivity contribution in [3.63, 3.8) is 0 Å². The number of aliphatic hydroxyl groups is 1. The summed E-state index contributed by atoms with van der Waals surface area (Å²) < 4.78 is 26.8. The molecule has 0 spiro atoms. The lowest BCUT2D eigenvalue weighted by Gasteiger charge is -2.06. The fourth-order valence-electron chi connectivity index (χ4n) is 1.57. The Bertz CT molecular complexity index is 478. The highest BCUT2D eigenvalue weighted by molar-refractivity contribution is 7.91.